The van der Waals surface area contributed by atoms with Crippen LogP contribution in [0.3, 0.4) is 0 Å². The van der Waals surface area contributed by atoms with Crippen molar-refractivity contribution in [2.24, 2.45) is 5.92 Å². The van der Waals surface area contributed by atoms with Gasteiger partial charge >= 0.3 is 12.1 Å². The van der Waals surface area contributed by atoms with E-state index >= 15 is 0 Å². The standard InChI is InChI=1S/C23H20F5N11O/c24-21(25,23(26,27)28)6-5-12-19-30-9-31-39(19)7-13(32-12)17-33-16(29)15-18(34-17)35-20(40)22(15,10-1-2-10)14-8-38(37-36-14)11-3-4-11/h7-11H,1-6H2,(H3,29,33,34,35,40). The summed E-state index contributed by atoms with van der Waals surface area (Å²) in [5.74, 6) is -5.32. The number of hydrogen-bond donors (Lipinski definition) is 2. The molecule has 1 aliphatic heterocycles. The fraction of sp³-hybridized carbons (Fsp3) is 0.478. The third kappa shape index (κ3) is 3.62. The number of hydrogen-bond acceptors (Lipinski definition) is 9. The van der Waals surface area contributed by atoms with Gasteiger partial charge in [-0.15, -0.1) is 5.10 Å². The van der Waals surface area contributed by atoms with Crippen LogP contribution in [0.25, 0.3) is 17.2 Å². The average molecular weight is 561 g/mol. The topological polar surface area (TPSA) is 155 Å². The minimum atomic E-state index is -5.71. The Morgan fingerprint density at radius 2 is 1.85 bits per heavy atom. The first-order valence-corrected chi connectivity index (χ1v) is 12.5. The van der Waals surface area contributed by atoms with Crippen LogP contribution in [-0.2, 0) is 16.6 Å². The van der Waals surface area contributed by atoms with E-state index in [1.807, 2.05) is 0 Å². The van der Waals surface area contributed by atoms with Crippen LogP contribution in [0, 0.1) is 5.92 Å². The lowest BCUT2D eigenvalue weighted by Crippen LogP contribution is -2.39. The molecule has 3 aliphatic rings. The molecule has 1 unspecified atom stereocenters. The Balaban J connectivity index is 1.30. The molecule has 0 spiro atoms. The van der Waals surface area contributed by atoms with E-state index in [0.29, 0.717) is 11.3 Å². The van der Waals surface area contributed by atoms with Crippen molar-refractivity contribution in [3.05, 3.63) is 35.7 Å². The number of amides is 1. The van der Waals surface area contributed by atoms with Gasteiger partial charge in [-0.3, -0.25) is 4.79 Å². The van der Waals surface area contributed by atoms with Gasteiger partial charge in [-0.25, -0.2) is 29.1 Å². The third-order valence-corrected chi connectivity index (χ3v) is 7.60. The highest BCUT2D eigenvalue weighted by Gasteiger charge is 2.61. The van der Waals surface area contributed by atoms with Gasteiger partial charge in [0.2, 0.25) is 5.91 Å². The van der Waals surface area contributed by atoms with E-state index < -0.39 is 30.4 Å². The quantitative estimate of drug-likeness (QED) is 0.324. The number of aryl methyl sites for hydroxylation is 1. The van der Waals surface area contributed by atoms with Crippen molar-refractivity contribution < 1.29 is 26.7 Å². The highest BCUT2D eigenvalue weighted by molar-refractivity contribution is 6.09. The number of nitrogens with one attached hydrogen (secondary N) is 1. The molecule has 4 aromatic rings. The van der Waals surface area contributed by atoms with Crippen molar-refractivity contribution in [2.75, 3.05) is 11.1 Å². The lowest BCUT2D eigenvalue weighted by atomic mass is 9.75. The molecule has 2 saturated carbocycles. The van der Waals surface area contributed by atoms with E-state index in [1.165, 1.54) is 10.7 Å². The van der Waals surface area contributed by atoms with E-state index in [9.17, 15) is 26.7 Å². The summed E-state index contributed by atoms with van der Waals surface area (Å²) in [6.45, 7) is 0. The monoisotopic (exact) mass is 561 g/mol. The highest BCUT2D eigenvalue weighted by atomic mass is 19.4. The van der Waals surface area contributed by atoms with Crippen LogP contribution >= 0.6 is 0 Å². The van der Waals surface area contributed by atoms with Gasteiger partial charge in [0.1, 0.15) is 34.8 Å². The number of nitrogen functional groups attached to an aromatic ring is 1. The minimum absolute atomic E-state index is 0.00401. The van der Waals surface area contributed by atoms with Gasteiger partial charge in [0.25, 0.3) is 0 Å². The van der Waals surface area contributed by atoms with E-state index in [1.54, 1.807) is 10.9 Å². The van der Waals surface area contributed by atoms with Gasteiger partial charge in [0.15, 0.2) is 11.5 Å². The van der Waals surface area contributed by atoms with Gasteiger partial charge in [0.05, 0.1) is 29.7 Å². The van der Waals surface area contributed by atoms with Gasteiger partial charge in [-0.2, -0.15) is 27.1 Å². The second kappa shape index (κ2) is 8.11. The van der Waals surface area contributed by atoms with Gasteiger partial charge < -0.3 is 11.1 Å². The fourth-order valence-corrected chi connectivity index (χ4v) is 5.31. The minimum Gasteiger partial charge on any atom is -0.383 e. The number of nitrogens with two attached hydrogens (primary N) is 1. The second-order valence-corrected chi connectivity index (χ2v) is 10.3. The molecule has 12 nitrogen and oxygen atoms in total. The first-order chi connectivity index (χ1) is 19.0. The highest BCUT2D eigenvalue weighted by Crippen LogP contribution is 2.57. The zero-order valence-corrected chi connectivity index (χ0v) is 20.5. The number of carbonyl (C=O) groups excluding carboxylic acids is 1. The molecule has 1 amide bonds. The van der Waals surface area contributed by atoms with Crippen LogP contribution in [0.15, 0.2) is 18.7 Å². The largest absolute Gasteiger partial charge is 0.453 e. The second-order valence-electron chi connectivity index (χ2n) is 10.3. The predicted octanol–water partition coefficient (Wildman–Crippen LogP) is 2.87. The van der Waals surface area contributed by atoms with Crippen molar-refractivity contribution in [3.8, 4) is 11.5 Å². The maximum Gasteiger partial charge on any atom is 0.453 e. The van der Waals surface area contributed by atoms with Crippen LogP contribution in [0.2, 0.25) is 0 Å². The number of anilines is 2. The first kappa shape index (κ1) is 24.7. The Bertz CT molecular complexity index is 1670. The zero-order valence-electron chi connectivity index (χ0n) is 20.5. The van der Waals surface area contributed by atoms with E-state index in [4.69, 9.17) is 5.73 Å². The third-order valence-electron chi connectivity index (χ3n) is 7.60. The molecule has 40 heavy (non-hydrogen) atoms. The Kier molecular flexibility index (Phi) is 5.01. The number of nitrogens with zero attached hydrogens (tertiary/aromatic N) is 9. The molecule has 5 heterocycles. The SMILES string of the molecule is Nc1nc(-c2cn3ncnc3c(CCC(F)(F)C(F)(F)F)n2)nc2c1C(c1cn(C3CC3)nn1)(C1CC1)C(=O)N2. The Labute approximate surface area is 221 Å². The molecule has 4 aromatic heterocycles. The van der Waals surface area contributed by atoms with Gasteiger partial charge in [-0.1, -0.05) is 5.21 Å². The van der Waals surface area contributed by atoms with E-state index in [-0.39, 0.29) is 52.4 Å². The normalized spacial score (nSPS) is 21.2. The molecule has 0 aromatic carbocycles. The van der Waals surface area contributed by atoms with Crippen LogP contribution < -0.4 is 11.1 Å². The molecule has 0 bridgehead atoms. The van der Waals surface area contributed by atoms with E-state index in [2.05, 4.69) is 40.7 Å². The first-order valence-electron chi connectivity index (χ1n) is 12.5. The van der Waals surface area contributed by atoms with Gasteiger partial charge in [0, 0.05) is 6.42 Å². The number of carbonyl (C=O) groups is 1. The number of fused-ring (bicyclic) bond motifs is 2. The lowest BCUT2D eigenvalue weighted by molar-refractivity contribution is -0.284. The molecule has 1 atom stereocenters. The number of rotatable bonds is 7. The molecule has 0 radical (unpaired) electrons. The molecular formula is C23H20F5N11O. The van der Waals surface area contributed by atoms with Crippen LogP contribution in [0.5, 0.6) is 0 Å². The van der Waals surface area contributed by atoms with Crippen molar-refractivity contribution in [1.82, 2.24) is 44.5 Å². The van der Waals surface area contributed by atoms with Crippen molar-refractivity contribution in [1.29, 1.82) is 0 Å². The van der Waals surface area contributed by atoms with Crippen LogP contribution in [0.4, 0.5) is 33.6 Å². The molecule has 7 rings (SSSR count). The van der Waals surface area contributed by atoms with Gasteiger partial charge in [-0.05, 0) is 38.0 Å². The molecular weight excluding hydrogens is 541 g/mol. The van der Waals surface area contributed by atoms with Crippen LogP contribution in [0.1, 0.15) is 55.1 Å². The Morgan fingerprint density at radius 1 is 1.07 bits per heavy atom. The summed E-state index contributed by atoms with van der Waals surface area (Å²) in [7, 11) is 0. The summed E-state index contributed by atoms with van der Waals surface area (Å²) >= 11 is 0. The molecule has 208 valence electrons. The Hall–Kier alpha value is -4.31. The number of aromatic nitrogens is 9. The maximum atomic E-state index is 13.6. The summed E-state index contributed by atoms with van der Waals surface area (Å²) in [6.07, 6.45) is -0.272. The van der Waals surface area contributed by atoms with Crippen LogP contribution in [-0.4, -0.2) is 62.5 Å². The molecule has 3 N–H and O–H groups in total. The smallest absolute Gasteiger partial charge is 0.383 e. The number of halogens is 5. The average Bonchev–Trinajstić information content (AvgIpc) is 3.79. The zero-order chi connectivity index (χ0) is 28.0. The molecule has 2 aliphatic carbocycles. The van der Waals surface area contributed by atoms with Crippen molar-refractivity contribution in [3.63, 3.8) is 0 Å². The fourth-order valence-electron chi connectivity index (χ4n) is 5.31. The molecule has 17 heteroatoms. The summed E-state index contributed by atoms with van der Waals surface area (Å²) < 4.78 is 68.5. The number of alkyl halides is 5. The van der Waals surface area contributed by atoms with Crippen molar-refractivity contribution in [2.45, 2.75) is 62.1 Å². The van der Waals surface area contributed by atoms with Crippen molar-refractivity contribution >= 4 is 23.2 Å². The Morgan fingerprint density at radius 3 is 2.55 bits per heavy atom. The molecule has 2 fully saturated rings. The summed E-state index contributed by atoms with van der Waals surface area (Å²) in [5.41, 5.74) is 5.90. The summed E-state index contributed by atoms with van der Waals surface area (Å²) in [5, 5.41) is 15.3. The van der Waals surface area contributed by atoms with E-state index in [0.717, 1.165) is 32.0 Å². The summed E-state index contributed by atoms with van der Waals surface area (Å²) in [4.78, 5) is 30.6. The maximum absolute atomic E-state index is 13.6. The molecule has 0 saturated heterocycles. The lowest BCUT2D eigenvalue weighted by Gasteiger charge is -2.25. The summed E-state index contributed by atoms with van der Waals surface area (Å²) in [6, 6.07) is 0.250. The predicted molar refractivity (Wildman–Crippen MR) is 126 cm³/mol.